The zero-order chi connectivity index (χ0) is 17.8. The second kappa shape index (κ2) is 7.85. The lowest BCUT2D eigenvalue weighted by atomic mass is 10.1. The molecule has 1 aromatic heterocycles. The molecule has 1 fully saturated rings. The Balaban J connectivity index is 1.74. The molecule has 6 heteroatoms. The number of amides is 1. The number of carbonyl (C=O) groups excluding carboxylic acids is 1. The first-order chi connectivity index (χ1) is 12.0. The first kappa shape index (κ1) is 17.7. The van der Waals surface area contributed by atoms with E-state index in [-0.39, 0.29) is 23.1 Å². The third-order valence-electron chi connectivity index (χ3n) is 4.41. The largest absolute Gasteiger partial charge is 0.456 e. The number of carbonyl (C=O) groups is 1. The molecule has 1 aliphatic rings. The predicted octanol–water partition coefficient (Wildman–Crippen LogP) is 3.17. The van der Waals surface area contributed by atoms with E-state index < -0.39 is 0 Å². The molecule has 0 unspecified atom stereocenters. The minimum atomic E-state index is -0.376. The lowest BCUT2D eigenvalue weighted by Gasteiger charge is -2.28. The van der Waals surface area contributed by atoms with Crippen molar-refractivity contribution in [3.8, 4) is 0 Å². The van der Waals surface area contributed by atoms with E-state index in [2.05, 4.69) is 10.2 Å². The Kier molecular flexibility index (Phi) is 5.56. The van der Waals surface area contributed by atoms with Crippen LogP contribution >= 0.6 is 11.6 Å². The molecule has 1 aliphatic heterocycles. The van der Waals surface area contributed by atoms with Gasteiger partial charge in [0.25, 0.3) is 5.91 Å². The second-order valence-electron chi connectivity index (χ2n) is 6.29. The molecule has 0 spiro atoms. The Bertz CT molecular complexity index is 795. The van der Waals surface area contributed by atoms with E-state index >= 15 is 0 Å². The molecule has 0 saturated carbocycles. The summed E-state index contributed by atoms with van der Waals surface area (Å²) in [6.07, 6.45) is 2.32. The van der Waals surface area contributed by atoms with Crippen LogP contribution in [0.5, 0.6) is 0 Å². The number of likely N-dealkylation sites (tertiary alicyclic amines) is 1. The van der Waals surface area contributed by atoms with E-state index in [0.29, 0.717) is 17.3 Å². The number of hydrogen-bond acceptors (Lipinski definition) is 4. The van der Waals surface area contributed by atoms with Gasteiger partial charge in [0.05, 0.1) is 6.04 Å². The van der Waals surface area contributed by atoms with Gasteiger partial charge in [0.1, 0.15) is 5.76 Å². The van der Waals surface area contributed by atoms with Gasteiger partial charge in [-0.2, -0.15) is 0 Å². The van der Waals surface area contributed by atoms with Crippen molar-refractivity contribution < 1.29 is 9.21 Å². The Morgan fingerprint density at radius 3 is 2.56 bits per heavy atom. The monoisotopic (exact) mass is 360 g/mol. The smallest absolute Gasteiger partial charge is 0.287 e. The average Bonchev–Trinajstić information content (AvgIpc) is 3.10. The molecule has 132 valence electrons. The van der Waals surface area contributed by atoms with Crippen molar-refractivity contribution in [1.82, 2.24) is 10.2 Å². The standard InChI is InChI=1S/C19H21ClN2O3/c1-13-10-16(23)11-18(25-13)19(24)21-12-17(22-8-2-3-9-22)14-4-6-15(20)7-5-14/h4-7,10-11,17H,2-3,8-9,12H2,1H3,(H,21,24)/t17-/m0/s1. The van der Waals surface area contributed by atoms with E-state index in [0.717, 1.165) is 31.5 Å². The van der Waals surface area contributed by atoms with Crippen LogP contribution in [-0.4, -0.2) is 30.4 Å². The summed E-state index contributed by atoms with van der Waals surface area (Å²) >= 11 is 5.99. The fourth-order valence-corrected chi connectivity index (χ4v) is 3.31. The highest BCUT2D eigenvalue weighted by Gasteiger charge is 2.24. The second-order valence-corrected chi connectivity index (χ2v) is 6.72. The predicted molar refractivity (Wildman–Crippen MR) is 97.0 cm³/mol. The number of halogens is 1. The molecule has 2 heterocycles. The van der Waals surface area contributed by atoms with E-state index in [9.17, 15) is 9.59 Å². The van der Waals surface area contributed by atoms with Crippen LogP contribution in [-0.2, 0) is 0 Å². The van der Waals surface area contributed by atoms with Crippen LogP contribution in [0.15, 0.2) is 45.6 Å². The van der Waals surface area contributed by atoms with Crippen molar-refractivity contribution in [2.24, 2.45) is 0 Å². The van der Waals surface area contributed by atoms with Crippen LogP contribution in [0.3, 0.4) is 0 Å². The highest BCUT2D eigenvalue weighted by atomic mass is 35.5. The zero-order valence-corrected chi connectivity index (χ0v) is 14.9. The van der Waals surface area contributed by atoms with Gasteiger partial charge in [0.15, 0.2) is 11.2 Å². The van der Waals surface area contributed by atoms with Crippen molar-refractivity contribution in [2.75, 3.05) is 19.6 Å². The van der Waals surface area contributed by atoms with Crippen molar-refractivity contribution >= 4 is 17.5 Å². The van der Waals surface area contributed by atoms with E-state index in [1.165, 1.54) is 12.1 Å². The van der Waals surface area contributed by atoms with Crippen LogP contribution in [0.25, 0.3) is 0 Å². The Hall–Kier alpha value is -2.11. The van der Waals surface area contributed by atoms with Gasteiger partial charge in [-0.1, -0.05) is 23.7 Å². The highest BCUT2D eigenvalue weighted by Crippen LogP contribution is 2.25. The van der Waals surface area contributed by atoms with Crippen molar-refractivity contribution in [3.05, 3.63) is 68.7 Å². The minimum absolute atomic E-state index is 0.0429. The lowest BCUT2D eigenvalue weighted by Crippen LogP contribution is -2.37. The average molecular weight is 361 g/mol. The molecule has 1 atom stereocenters. The fraction of sp³-hybridized carbons (Fsp3) is 0.368. The molecular formula is C19H21ClN2O3. The molecule has 0 radical (unpaired) electrons. The van der Waals surface area contributed by atoms with Crippen LogP contribution in [0.2, 0.25) is 5.02 Å². The molecular weight excluding hydrogens is 340 g/mol. The Morgan fingerprint density at radius 2 is 1.92 bits per heavy atom. The number of nitrogens with one attached hydrogen (secondary N) is 1. The van der Waals surface area contributed by atoms with Gasteiger partial charge in [-0.15, -0.1) is 0 Å². The molecule has 0 bridgehead atoms. The summed E-state index contributed by atoms with van der Waals surface area (Å²) in [5, 5.41) is 3.59. The van der Waals surface area contributed by atoms with Gasteiger partial charge in [0, 0.05) is 23.7 Å². The summed E-state index contributed by atoms with van der Waals surface area (Å²) in [7, 11) is 0. The number of hydrogen-bond donors (Lipinski definition) is 1. The van der Waals surface area contributed by atoms with Crippen molar-refractivity contribution in [2.45, 2.75) is 25.8 Å². The Labute approximate surface area is 151 Å². The maximum absolute atomic E-state index is 12.4. The summed E-state index contributed by atoms with van der Waals surface area (Å²) in [6, 6.07) is 10.4. The topological polar surface area (TPSA) is 62.6 Å². The van der Waals surface area contributed by atoms with E-state index in [1.807, 2.05) is 24.3 Å². The SMILES string of the molecule is Cc1cc(=O)cc(C(=O)NC[C@@H](c2ccc(Cl)cc2)N2CCCC2)o1. The molecule has 2 aromatic rings. The molecule has 0 aliphatic carbocycles. The van der Waals surface area contributed by atoms with Gasteiger partial charge in [-0.25, -0.2) is 0 Å². The third kappa shape index (κ3) is 4.50. The summed E-state index contributed by atoms with van der Waals surface area (Å²) in [5.41, 5.74) is 0.875. The molecule has 3 rings (SSSR count). The first-order valence-electron chi connectivity index (χ1n) is 8.42. The molecule has 1 aromatic carbocycles. The molecule has 1 amide bonds. The van der Waals surface area contributed by atoms with E-state index in [4.69, 9.17) is 16.0 Å². The maximum Gasteiger partial charge on any atom is 0.287 e. The first-order valence-corrected chi connectivity index (χ1v) is 8.80. The molecule has 1 N–H and O–H groups in total. The molecule has 5 nitrogen and oxygen atoms in total. The zero-order valence-electron chi connectivity index (χ0n) is 14.1. The van der Waals surface area contributed by atoms with Crippen LogP contribution in [0.4, 0.5) is 0 Å². The quantitative estimate of drug-likeness (QED) is 0.889. The third-order valence-corrected chi connectivity index (χ3v) is 4.66. The lowest BCUT2D eigenvalue weighted by molar-refractivity contribution is 0.0906. The van der Waals surface area contributed by atoms with Gasteiger partial charge in [-0.3, -0.25) is 14.5 Å². The highest BCUT2D eigenvalue weighted by molar-refractivity contribution is 6.30. The summed E-state index contributed by atoms with van der Waals surface area (Å²) in [6.45, 7) is 4.10. The Morgan fingerprint density at radius 1 is 1.24 bits per heavy atom. The summed E-state index contributed by atoms with van der Waals surface area (Å²) in [4.78, 5) is 26.3. The van der Waals surface area contributed by atoms with Gasteiger partial charge < -0.3 is 9.73 Å². The summed E-state index contributed by atoms with van der Waals surface area (Å²) in [5.74, 6) is 0.0895. The molecule has 25 heavy (non-hydrogen) atoms. The van der Waals surface area contributed by atoms with Crippen molar-refractivity contribution in [1.29, 1.82) is 0 Å². The number of nitrogens with zero attached hydrogens (tertiary/aromatic N) is 1. The van der Waals surface area contributed by atoms with Crippen LogP contribution in [0, 0.1) is 6.92 Å². The number of rotatable bonds is 5. The van der Waals surface area contributed by atoms with E-state index in [1.54, 1.807) is 6.92 Å². The number of aryl methyl sites for hydroxylation is 1. The van der Waals surface area contributed by atoms with Crippen molar-refractivity contribution in [3.63, 3.8) is 0 Å². The molecule has 1 saturated heterocycles. The van der Waals surface area contributed by atoms with Crippen LogP contribution < -0.4 is 10.7 Å². The van der Waals surface area contributed by atoms with Gasteiger partial charge in [-0.05, 0) is 50.6 Å². The minimum Gasteiger partial charge on any atom is -0.456 e. The fourth-order valence-electron chi connectivity index (χ4n) is 3.19. The number of benzene rings is 1. The maximum atomic E-state index is 12.4. The van der Waals surface area contributed by atoms with Crippen LogP contribution in [0.1, 0.15) is 40.8 Å². The van der Waals surface area contributed by atoms with Gasteiger partial charge >= 0.3 is 0 Å². The normalized spacial score (nSPS) is 15.9. The van der Waals surface area contributed by atoms with Gasteiger partial charge in [0.2, 0.25) is 0 Å². The summed E-state index contributed by atoms with van der Waals surface area (Å²) < 4.78 is 5.36.